The molecule has 2 aromatic heterocycles. The molecule has 0 saturated heterocycles. The van der Waals surface area contributed by atoms with E-state index >= 15 is 0 Å². The number of ether oxygens (including phenoxy) is 2. The molecule has 1 aliphatic heterocycles. The van der Waals surface area contributed by atoms with E-state index in [2.05, 4.69) is 15.0 Å². The molecule has 3 heterocycles. The van der Waals surface area contributed by atoms with Crippen LogP contribution in [0.4, 0.5) is 13.2 Å². The number of aromatic nitrogens is 2. The number of halogens is 3. The summed E-state index contributed by atoms with van der Waals surface area (Å²) in [7, 11) is 0. The van der Waals surface area contributed by atoms with E-state index in [9.17, 15) is 13.2 Å². The van der Waals surface area contributed by atoms with Crippen LogP contribution >= 0.6 is 0 Å². The molecule has 1 atom stereocenters. The molecule has 0 N–H and O–H groups in total. The smallest absolute Gasteiger partial charge is 0.420 e. The first kappa shape index (κ1) is 17.2. The van der Waals surface area contributed by atoms with Gasteiger partial charge < -0.3 is 14.3 Å². The Hall–Kier alpha value is -3.23. The Morgan fingerprint density at radius 2 is 1.93 bits per heavy atom. The van der Waals surface area contributed by atoms with Gasteiger partial charge in [0, 0.05) is 12.3 Å². The lowest BCUT2D eigenvalue weighted by Crippen LogP contribution is -2.23. The maximum absolute atomic E-state index is 12.3. The number of nitrogens with zero attached hydrogens (tertiary/aromatic N) is 3. The Bertz CT molecular complexity index is 965. The number of rotatable bonds is 3. The second-order valence-corrected chi connectivity index (χ2v) is 6.21. The molecular weight excluding hydrogens is 363 g/mol. The average Bonchev–Trinajstić information content (AvgIpc) is 3.18. The fraction of sp³-hybridized carbons (Fsp3) is 0.222. The van der Waals surface area contributed by atoms with Gasteiger partial charge in [-0.05, 0) is 36.8 Å². The molecule has 0 spiro atoms. The fourth-order valence-electron chi connectivity index (χ4n) is 2.81. The van der Waals surface area contributed by atoms with Crippen LogP contribution in [0.2, 0.25) is 0 Å². The molecule has 4 rings (SSSR count). The SMILES string of the molecule is C[C@@]1(c2ccc(OC(F)(F)F)cc2)CC(Oc2cc3ccccn3n2)=NO1. The van der Waals surface area contributed by atoms with Gasteiger partial charge in [0.05, 0.1) is 11.9 Å². The molecule has 27 heavy (non-hydrogen) atoms. The summed E-state index contributed by atoms with van der Waals surface area (Å²) in [6.45, 7) is 1.77. The highest BCUT2D eigenvalue weighted by molar-refractivity contribution is 5.80. The van der Waals surface area contributed by atoms with E-state index in [0.29, 0.717) is 23.8 Å². The Morgan fingerprint density at radius 3 is 2.63 bits per heavy atom. The Labute approximate surface area is 151 Å². The van der Waals surface area contributed by atoms with Gasteiger partial charge in [-0.3, -0.25) is 0 Å². The van der Waals surface area contributed by atoms with Crippen LogP contribution in [0, 0.1) is 0 Å². The summed E-state index contributed by atoms with van der Waals surface area (Å²) in [5, 5.41) is 8.22. The maximum atomic E-state index is 12.3. The van der Waals surface area contributed by atoms with Gasteiger partial charge in [-0.15, -0.1) is 18.3 Å². The van der Waals surface area contributed by atoms with Crippen LogP contribution in [0.5, 0.6) is 11.6 Å². The monoisotopic (exact) mass is 377 g/mol. The van der Waals surface area contributed by atoms with Gasteiger partial charge in [0.2, 0.25) is 11.8 Å². The summed E-state index contributed by atoms with van der Waals surface area (Å²) in [5.41, 5.74) is 0.662. The molecule has 9 heteroatoms. The van der Waals surface area contributed by atoms with Crippen molar-refractivity contribution >= 4 is 11.4 Å². The lowest BCUT2D eigenvalue weighted by Gasteiger charge is -2.21. The largest absolute Gasteiger partial charge is 0.573 e. The lowest BCUT2D eigenvalue weighted by atomic mass is 9.93. The standard InChI is InChI=1S/C18H14F3N3O3/c1-17(12-5-7-14(8-6-12)26-18(19,20)21)11-16(23-27-17)25-15-10-13-4-2-3-9-24(13)22-15/h2-10H,11H2,1H3/t17-/m0/s1. The highest BCUT2D eigenvalue weighted by Crippen LogP contribution is 2.36. The van der Waals surface area contributed by atoms with Crippen molar-refractivity contribution in [2.45, 2.75) is 25.3 Å². The van der Waals surface area contributed by atoms with Gasteiger partial charge >= 0.3 is 6.36 Å². The van der Waals surface area contributed by atoms with E-state index in [1.54, 1.807) is 23.7 Å². The molecule has 0 aliphatic carbocycles. The molecule has 140 valence electrons. The zero-order chi connectivity index (χ0) is 19.1. The summed E-state index contributed by atoms with van der Waals surface area (Å²) in [6, 6.07) is 12.9. The number of oxime groups is 1. The normalized spacial score (nSPS) is 19.6. The third-order valence-corrected chi connectivity index (χ3v) is 4.11. The quantitative estimate of drug-likeness (QED) is 0.684. The van der Waals surface area contributed by atoms with Crippen molar-refractivity contribution in [3.05, 3.63) is 60.3 Å². The minimum absolute atomic E-state index is 0.296. The average molecular weight is 377 g/mol. The number of hydrogen-bond donors (Lipinski definition) is 0. The van der Waals surface area contributed by atoms with Crippen molar-refractivity contribution in [3.63, 3.8) is 0 Å². The number of pyridine rings is 1. The van der Waals surface area contributed by atoms with E-state index in [1.165, 1.54) is 24.3 Å². The van der Waals surface area contributed by atoms with Crippen LogP contribution in [0.25, 0.3) is 5.52 Å². The fourth-order valence-corrected chi connectivity index (χ4v) is 2.81. The van der Waals surface area contributed by atoms with E-state index < -0.39 is 12.0 Å². The van der Waals surface area contributed by atoms with E-state index in [-0.39, 0.29) is 5.75 Å². The van der Waals surface area contributed by atoms with Gasteiger partial charge in [0.1, 0.15) is 5.75 Å². The molecule has 0 radical (unpaired) electrons. The molecule has 1 aliphatic rings. The van der Waals surface area contributed by atoms with Gasteiger partial charge in [0.25, 0.3) is 0 Å². The molecule has 0 saturated carbocycles. The topological polar surface area (TPSA) is 57.4 Å². The molecule has 3 aromatic rings. The number of hydrogen-bond acceptors (Lipinski definition) is 5. The van der Waals surface area contributed by atoms with Gasteiger partial charge in [0.15, 0.2) is 5.60 Å². The van der Waals surface area contributed by atoms with Crippen molar-refractivity contribution in [1.82, 2.24) is 9.61 Å². The van der Waals surface area contributed by atoms with Crippen molar-refractivity contribution in [2.75, 3.05) is 0 Å². The summed E-state index contributed by atoms with van der Waals surface area (Å²) in [6.07, 6.45) is -2.63. The van der Waals surface area contributed by atoms with Gasteiger partial charge in [-0.1, -0.05) is 23.4 Å². The van der Waals surface area contributed by atoms with E-state index in [4.69, 9.17) is 9.57 Å². The molecule has 6 nitrogen and oxygen atoms in total. The third kappa shape index (κ3) is 3.67. The van der Waals surface area contributed by atoms with Crippen molar-refractivity contribution in [3.8, 4) is 11.6 Å². The highest BCUT2D eigenvalue weighted by atomic mass is 19.4. The zero-order valence-electron chi connectivity index (χ0n) is 14.1. The maximum Gasteiger partial charge on any atom is 0.573 e. The Kier molecular flexibility index (Phi) is 3.94. The summed E-state index contributed by atoms with van der Waals surface area (Å²) >= 11 is 0. The molecular formula is C18H14F3N3O3. The van der Waals surface area contributed by atoms with Gasteiger partial charge in [-0.25, -0.2) is 4.52 Å². The van der Waals surface area contributed by atoms with Crippen LogP contribution < -0.4 is 9.47 Å². The third-order valence-electron chi connectivity index (χ3n) is 4.11. The molecule has 1 aromatic carbocycles. The highest BCUT2D eigenvalue weighted by Gasteiger charge is 2.38. The van der Waals surface area contributed by atoms with E-state index in [0.717, 1.165) is 5.52 Å². The molecule has 0 fully saturated rings. The van der Waals surface area contributed by atoms with Crippen molar-refractivity contribution < 1.29 is 27.5 Å². The summed E-state index contributed by atoms with van der Waals surface area (Å²) in [4.78, 5) is 5.49. The predicted molar refractivity (Wildman–Crippen MR) is 89.4 cm³/mol. The summed E-state index contributed by atoms with van der Waals surface area (Å²) < 4.78 is 48.0. The minimum atomic E-state index is -4.73. The zero-order valence-corrected chi connectivity index (χ0v) is 14.1. The first-order valence-corrected chi connectivity index (χ1v) is 8.04. The molecule has 0 unspecified atom stereocenters. The van der Waals surface area contributed by atoms with Crippen LogP contribution in [0.1, 0.15) is 18.9 Å². The van der Waals surface area contributed by atoms with E-state index in [1.807, 2.05) is 18.2 Å². The molecule has 0 amide bonds. The van der Waals surface area contributed by atoms with Crippen LogP contribution in [-0.4, -0.2) is 21.9 Å². The molecule has 0 bridgehead atoms. The first-order valence-electron chi connectivity index (χ1n) is 8.04. The number of alkyl halides is 3. The Balaban J connectivity index is 1.45. The second-order valence-electron chi connectivity index (χ2n) is 6.21. The second kappa shape index (κ2) is 6.19. The first-order chi connectivity index (χ1) is 12.8. The van der Waals surface area contributed by atoms with Crippen molar-refractivity contribution in [2.24, 2.45) is 5.16 Å². The number of benzene rings is 1. The van der Waals surface area contributed by atoms with Crippen LogP contribution in [0.3, 0.4) is 0 Å². The summed E-state index contributed by atoms with van der Waals surface area (Å²) in [5.74, 6) is 0.410. The van der Waals surface area contributed by atoms with Gasteiger partial charge in [-0.2, -0.15) is 0 Å². The van der Waals surface area contributed by atoms with Crippen molar-refractivity contribution in [1.29, 1.82) is 0 Å². The van der Waals surface area contributed by atoms with Crippen LogP contribution in [0.15, 0.2) is 59.9 Å². The number of fused-ring (bicyclic) bond motifs is 1. The lowest BCUT2D eigenvalue weighted by molar-refractivity contribution is -0.274. The Morgan fingerprint density at radius 1 is 1.15 bits per heavy atom. The predicted octanol–water partition coefficient (Wildman–Crippen LogP) is 4.26. The van der Waals surface area contributed by atoms with Crippen LogP contribution in [-0.2, 0) is 10.4 Å². The minimum Gasteiger partial charge on any atom is -0.420 e.